The zero-order valence-electron chi connectivity index (χ0n) is 11.2. The average molecular weight is 265 g/mol. The summed E-state index contributed by atoms with van der Waals surface area (Å²) in [6.45, 7) is 4.99. The third-order valence-electron chi connectivity index (χ3n) is 2.21. The smallest absolute Gasteiger partial charge is 0.271 e. The summed E-state index contributed by atoms with van der Waals surface area (Å²) >= 11 is 0. The van der Waals surface area contributed by atoms with E-state index in [1.807, 2.05) is 6.92 Å². The largest absolute Gasteiger partial charge is 0.369 e. The van der Waals surface area contributed by atoms with Crippen LogP contribution in [0, 0.1) is 0 Å². The molecule has 2 amide bonds. The van der Waals surface area contributed by atoms with E-state index in [-0.39, 0.29) is 17.5 Å². The highest BCUT2D eigenvalue weighted by Crippen LogP contribution is 2.01. The first kappa shape index (κ1) is 14.9. The Morgan fingerprint density at radius 3 is 2.58 bits per heavy atom. The van der Waals surface area contributed by atoms with Gasteiger partial charge in [0, 0.05) is 26.6 Å². The molecule has 0 bridgehead atoms. The summed E-state index contributed by atoms with van der Waals surface area (Å²) in [5.41, 5.74) is 0.254. The summed E-state index contributed by atoms with van der Waals surface area (Å²) < 4.78 is 0. The Morgan fingerprint density at radius 2 is 1.89 bits per heavy atom. The molecule has 1 aromatic rings. The van der Waals surface area contributed by atoms with Crippen molar-refractivity contribution in [3.63, 3.8) is 0 Å². The maximum atomic E-state index is 11.8. The van der Waals surface area contributed by atoms with Crippen LogP contribution < -0.4 is 16.0 Å². The van der Waals surface area contributed by atoms with E-state index in [1.54, 1.807) is 6.20 Å². The van der Waals surface area contributed by atoms with Crippen molar-refractivity contribution in [1.29, 1.82) is 0 Å². The highest BCUT2D eigenvalue weighted by molar-refractivity contribution is 5.92. The van der Waals surface area contributed by atoms with Crippen molar-refractivity contribution in [3.05, 3.63) is 18.1 Å². The normalized spacial score (nSPS) is 9.79. The van der Waals surface area contributed by atoms with Gasteiger partial charge in [0.05, 0.1) is 12.4 Å². The summed E-state index contributed by atoms with van der Waals surface area (Å²) in [4.78, 5) is 30.5. The fourth-order valence-electron chi connectivity index (χ4n) is 1.32. The monoisotopic (exact) mass is 265 g/mol. The van der Waals surface area contributed by atoms with Crippen LogP contribution in [-0.2, 0) is 4.79 Å². The Hall–Kier alpha value is -2.18. The zero-order chi connectivity index (χ0) is 14.1. The van der Waals surface area contributed by atoms with Crippen LogP contribution in [-0.4, -0.2) is 41.4 Å². The molecule has 0 atom stereocenters. The maximum Gasteiger partial charge on any atom is 0.271 e. The number of amides is 2. The number of anilines is 1. The van der Waals surface area contributed by atoms with Gasteiger partial charge in [0.1, 0.15) is 11.5 Å². The summed E-state index contributed by atoms with van der Waals surface area (Å²) in [7, 11) is 0. The highest BCUT2D eigenvalue weighted by Gasteiger charge is 2.07. The second-order valence-electron chi connectivity index (χ2n) is 3.96. The molecule has 3 N–H and O–H groups in total. The molecule has 0 aliphatic heterocycles. The van der Waals surface area contributed by atoms with E-state index in [0.29, 0.717) is 18.9 Å². The molecule has 7 nitrogen and oxygen atoms in total. The van der Waals surface area contributed by atoms with E-state index in [4.69, 9.17) is 0 Å². The summed E-state index contributed by atoms with van der Waals surface area (Å²) in [5.74, 6) is 0.147. The Bertz CT molecular complexity index is 436. The van der Waals surface area contributed by atoms with Crippen molar-refractivity contribution in [3.8, 4) is 0 Å². The Kier molecular flexibility index (Phi) is 6.28. The molecular weight excluding hydrogens is 246 g/mol. The van der Waals surface area contributed by atoms with Crippen LogP contribution in [0.1, 0.15) is 30.8 Å². The molecular formula is C12H19N5O2. The first-order valence-electron chi connectivity index (χ1n) is 6.22. The molecule has 0 saturated carbocycles. The van der Waals surface area contributed by atoms with Crippen LogP contribution in [0.2, 0.25) is 0 Å². The fourth-order valence-corrected chi connectivity index (χ4v) is 1.32. The number of carbonyl (C=O) groups is 2. The predicted molar refractivity (Wildman–Crippen MR) is 71.8 cm³/mol. The third-order valence-corrected chi connectivity index (χ3v) is 2.21. The molecule has 1 rings (SSSR count). The lowest BCUT2D eigenvalue weighted by molar-refractivity contribution is -0.118. The number of carbonyl (C=O) groups excluding carboxylic acids is 2. The van der Waals surface area contributed by atoms with Gasteiger partial charge in [0.2, 0.25) is 5.91 Å². The quantitative estimate of drug-likeness (QED) is 0.610. The standard InChI is InChI=1S/C12H19N5O2/c1-3-4-15-11-8-13-7-10(17-11)12(19)16-6-5-14-9(2)18/h7-8H,3-6H2,1-2H3,(H,14,18)(H,15,17)(H,16,19). The Morgan fingerprint density at radius 1 is 1.16 bits per heavy atom. The minimum Gasteiger partial charge on any atom is -0.369 e. The van der Waals surface area contributed by atoms with Gasteiger partial charge in [-0.3, -0.25) is 14.6 Å². The molecule has 0 fully saturated rings. The average Bonchev–Trinajstić information content (AvgIpc) is 2.41. The van der Waals surface area contributed by atoms with Gasteiger partial charge in [-0.25, -0.2) is 4.98 Å². The second-order valence-corrected chi connectivity index (χ2v) is 3.96. The number of nitrogens with zero attached hydrogens (tertiary/aromatic N) is 2. The molecule has 7 heteroatoms. The van der Waals surface area contributed by atoms with E-state index in [1.165, 1.54) is 13.1 Å². The number of rotatable bonds is 7. The maximum absolute atomic E-state index is 11.8. The van der Waals surface area contributed by atoms with Crippen molar-refractivity contribution in [2.24, 2.45) is 0 Å². The number of hydrogen-bond donors (Lipinski definition) is 3. The lowest BCUT2D eigenvalue weighted by atomic mass is 10.4. The van der Waals surface area contributed by atoms with Crippen molar-refractivity contribution in [2.45, 2.75) is 20.3 Å². The van der Waals surface area contributed by atoms with Gasteiger partial charge in [-0.1, -0.05) is 6.92 Å². The van der Waals surface area contributed by atoms with E-state index in [2.05, 4.69) is 25.9 Å². The van der Waals surface area contributed by atoms with Gasteiger partial charge in [-0.05, 0) is 6.42 Å². The Balaban J connectivity index is 2.45. The molecule has 0 spiro atoms. The number of aromatic nitrogens is 2. The SMILES string of the molecule is CCCNc1cncc(C(=O)NCCNC(C)=O)n1. The van der Waals surface area contributed by atoms with E-state index >= 15 is 0 Å². The molecule has 19 heavy (non-hydrogen) atoms. The zero-order valence-corrected chi connectivity index (χ0v) is 11.2. The number of hydrogen-bond acceptors (Lipinski definition) is 5. The topological polar surface area (TPSA) is 96.0 Å². The molecule has 0 radical (unpaired) electrons. The molecule has 0 aromatic carbocycles. The van der Waals surface area contributed by atoms with Crippen molar-refractivity contribution in [2.75, 3.05) is 25.0 Å². The van der Waals surface area contributed by atoms with Crippen LogP contribution in [0.3, 0.4) is 0 Å². The molecule has 104 valence electrons. The van der Waals surface area contributed by atoms with Crippen LogP contribution in [0.25, 0.3) is 0 Å². The minimum atomic E-state index is -0.307. The van der Waals surface area contributed by atoms with Crippen LogP contribution in [0.4, 0.5) is 5.82 Å². The minimum absolute atomic E-state index is 0.125. The second kappa shape index (κ2) is 8.02. The Labute approximate surface area is 112 Å². The molecule has 1 heterocycles. The first-order chi connectivity index (χ1) is 9.13. The van der Waals surface area contributed by atoms with Gasteiger partial charge in [0.15, 0.2) is 0 Å². The van der Waals surface area contributed by atoms with E-state index < -0.39 is 0 Å². The van der Waals surface area contributed by atoms with Gasteiger partial charge in [-0.15, -0.1) is 0 Å². The van der Waals surface area contributed by atoms with Gasteiger partial charge in [0.25, 0.3) is 5.91 Å². The molecule has 0 aliphatic carbocycles. The third kappa shape index (κ3) is 5.80. The van der Waals surface area contributed by atoms with Crippen molar-refractivity contribution < 1.29 is 9.59 Å². The lowest BCUT2D eigenvalue weighted by Gasteiger charge is -2.07. The first-order valence-corrected chi connectivity index (χ1v) is 6.22. The van der Waals surface area contributed by atoms with E-state index in [0.717, 1.165) is 13.0 Å². The fraction of sp³-hybridized carbons (Fsp3) is 0.500. The number of nitrogens with one attached hydrogen (secondary N) is 3. The summed E-state index contributed by atoms with van der Waals surface area (Å²) in [6.07, 6.45) is 3.95. The van der Waals surface area contributed by atoms with Gasteiger partial charge < -0.3 is 16.0 Å². The van der Waals surface area contributed by atoms with Gasteiger partial charge >= 0.3 is 0 Å². The lowest BCUT2D eigenvalue weighted by Crippen LogP contribution is -2.34. The summed E-state index contributed by atoms with van der Waals surface area (Å²) in [6, 6.07) is 0. The molecule has 0 unspecified atom stereocenters. The summed E-state index contributed by atoms with van der Waals surface area (Å²) in [5, 5.41) is 8.30. The van der Waals surface area contributed by atoms with Gasteiger partial charge in [-0.2, -0.15) is 0 Å². The molecule has 0 aliphatic rings. The van der Waals surface area contributed by atoms with Crippen LogP contribution in [0.15, 0.2) is 12.4 Å². The predicted octanol–water partition coefficient (Wildman–Crippen LogP) is 0.164. The van der Waals surface area contributed by atoms with Crippen molar-refractivity contribution in [1.82, 2.24) is 20.6 Å². The van der Waals surface area contributed by atoms with Crippen molar-refractivity contribution >= 4 is 17.6 Å². The van der Waals surface area contributed by atoms with E-state index in [9.17, 15) is 9.59 Å². The molecule has 1 aromatic heterocycles. The van der Waals surface area contributed by atoms with Crippen LogP contribution in [0.5, 0.6) is 0 Å². The molecule has 0 saturated heterocycles. The highest BCUT2D eigenvalue weighted by atomic mass is 16.2. The van der Waals surface area contributed by atoms with Crippen LogP contribution >= 0.6 is 0 Å².